The Kier molecular flexibility index (Phi) is 4.31. The lowest BCUT2D eigenvalue weighted by Gasteiger charge is -2.14. The van der Waals surface area contributed by atoms with Gasteiger partial charge in [0.2, 0.25) is 0 Å². The Hall–Kier alpha value is -0.850. The number of aliphatic imine (C=N–C) groups is 1. The van der Waals surface area contributed by atoms with Crippen molar-refractivity contribution in [2.24, 2.45) is 16.8 Å². The van der Waals surface area contributed by atoms with Gasteiger partial charge in [-0.2, -0.15) is 0 Å². The van der Waals surface area contributed by atoms with E-state index in [1.54, 1.807) is 0 Å². The highest BCUT2D eigenvalue weighted by Crippen LogP contribution is 2.24. The number of rotatable bonds is 2. The Bertz CT molecular complexity index is 292. The first-order chi connectivity index (χ1) is 7.00. The van der Waals surface area contributed by atoms with E-state index in [0.717, 1.165) is 11.6 Å². The third-order valence-electron chi connectivity index (χ3n) is 3.11. The van der Waals surface area contributed by atoms with Crippen LogP contribution in [0.5, 0.6) is 0 Å². The first kappa shape index (κ1) is 12.2. The van der Waals surface area contributed by atoms with Crippen LogP contribution >= 0.6 is 0 Å². The average molecular weight is 205 g/mol. The summed E-state index contributed by atoms with van der Waals surface area (Å²) in [6.45, 7) is 10.9. The van der Waals surface area contributed by atoms with Crippen LogP contribution in [0.2, 0.25) is 0 Å². The van der Waals surface area contributed by atoms with Gasteiger partial charge >= 0.3 is 0 Å². The minimum atomic E-state index is 0.305. The van der Waals surface area contributed by atoms with Crippen LogP contribution in [0.4, 0.5) is 0 Å². The summed E-state index contributed by atoms with van der Waals surface area (Å²) in [4.78, 5) is 4.60. The van der Waals surface area contributed by atoms with Gasteiger partial charge in [0.25, 0.3) is 0 Å². The van der Waals surface area contributed by atoms with Crippen molar-refractivity contribution < 1.29 is 0 Å². The molecule has 0 fully saturated rings. The van der Waals surface area contributed by atoms with E-state index in [2.05, 4.69) is 57.8 Å². The third-order valence-corrected chi connectivity index (χ3v) is 3.11. The van der Waals surface area contributed by atoms with Crippen molar-refractivity contribution in [1.29, 1.82) is 0 Å². The van der Waals surface area contributed by atoms with Crippen molar-refractivity contribution in [2.75, 3.05) is 0 Å². The molecule has 0 aromatic carbocycles. The molecule has 0 heterocycles. The molecule has 1 rings (SSSR count). The predicted octanol–water partition coefficient (Wildman–Crippen LogP) is 4.01. The molecule has 0 amide bonds. The molecule has 84 valence electrons. The molecule has 1 heteroatoms. The van der Waals surface area contributed by atoms with Crippen molar-refractivity contribution in [2.45, 2.75) is 47.1 Å². The van der Waals surface area contributed by atoms with Gasteiger partial charge in [0.15, 0.2) is 0 Å². The van der Waals surface area contributed by atoms with Gasteiger partial charge < -0.3 is 0 Å². The van der Waals surface area contributed by atoms with Gasteiger partial charge in [-0.15, -0.1) is 0 Å². The highest BCUT2D eigenvalue weighted by atomic mass is 14.8. The molecule has 15 heavy (non-hydrogen) atoms. The fourth-order valence-electron chi connectivity index (χ4n) is 1.90. The monoisotopic (exact) mass is 205 g/mol. The maximum absolute atomic E-state index is 4.60. The maximum Gasteiger partial charge on any atom is 0.0716 e. The topological polar surface area (TPSA) is 12.4 Å². The van der Waals surface area contributed by atoms with Crippen LogP contribution in [0.15, 0.2) is 28.8 Å². The number of hydrogen-bond acceptors (Lipinski definition) is 1. The summed E-state index contributed by atoms with van der Waals surface area (Å²) >= 11 is 0. The van der Waals surface area contributed by atoms with Crippen LogP contribution in [-0.2, 0) is 0 Å². The predicted molar refractivity (Wildman–Crippen MR) is 68.4 cm³/mol. The fourth-order valence-corrected chi connectivity index (χ4v) is 1.90. The molecule has 0 N–H and O–H groups in total. The van der Waals surface area contributed by atoms with Crippen LogP contribution in [0.3, 0.4) is 0 Å². The largest absolute Gasteiger partial charge is 0.287 e. The first-order valence-electron chi connectivity index (χ1n) is 5.90. The van der Waals surface area contributed by atoms with Crippen molar-refractivity contribution in [3.8, 4) is 0 Å². The van der Waals surface area contributed by atoms with Gasteiger partial charge in [0.05, 0.1) is 6.04 Å². The molecule has 0 aromatic heterocycles. The summed E-state index contributed by atoms with van der Waals surface area (Å²) in [5.41, 5.74) is 2.52. The molecule has 1 aliphatic carbocycles. The average Bonchev–Trinajstić information content (AvgIpc) is 2.28. The van der Waals surface area contributed by atoms with Gasteiger partial charge in [-0.05, 0) is 44.6 Å². The lowest BCUT2D eigenvalue weighted by molar-refractivity contribution is 0.467. The highest BCUT2D eigenvalue weighted by Gasteiger charge is 2.14. The van der Waals surface area contributed by atoms with Gasteiger partial charge in [-0.3, -0.25) is 4.99 Å². The van der Waals surface area contributed by atoms with E-state index >= 15 is 0 Å². The molecule has 2 unspecified atom stereocenters. The molecule has 0 saturated heterocycles. The molecule has 0 aromatic rings. The molecule has 1 nitrogen and oxygen atoms in total. The van der Waals surface area contributed by atoms with E-state index in [1.807, 2.05) is 0 Å². The number of hydrogen-bond donors (Lipinski definition) is 0. The minimum absolute atomic E-state index is 0.305. The lowest BCUT2D eigenvalue weighted by Crippen LogP contribution is -2.07. The van der Waals surface area contributed by atoms with Crippen molar-refractivity contribution in [3.05, 3.63) is 23.8 Å². The molecule has 0 spiro atoms. The highest BCUT2D eigenvalue weighted by molar-refractivity contribution is 5.79. The zero-order chi connectivity index (χ0) is 11.4. The van der Waals surface area contributed by atoms with Crippen molar-refractivity contribution >= 4 is 5.71 Å². The molecule has 0 aliphatic heterocycles. The second kappa shape index (κ2) is 5.29. The maximum atomic E-state index is 4.60. The smallest absolute Gasteiger partial charge is 0.0716 e. The second-order valence-electron chi connectivity index (χ2n) is 4.89. The molecule has 1 aliphatic rings. The summed E-state index contributed by atoms with van der Waals surface area (Å²) in [5, 5.41) is 0. The summed E-state index contributed by atoms with van der Waals surface area (Å²) in [7, 11) is 0. The Morgan fingerprint density at radius 3 is 2.67 bits per heavy atom. The van der Waals surface area contributed by atoms with Gasteiger partial charge in [0.1, 0.15) is 0 Å². The molecular weight excluding hydrogens is 182 g/mol. The van der Waals surface area contributed by atoms with E-state index in [4.69, 9.17) is 0 Å². The van der Waals surface area contributed by atoms with Crippen LogP contribution < -0.4 is 0 Å². The summed E-state index contributed by atoms with van der Waals surface area (Å²) < 4.78 is 0. The number of allylic oxidation sites excluding steroid dienone is 2. The summed E-state index contributed by atoms with van der Waals surface area (Å²) in [5.74, 6) is 1.41. The van der Waals surface area contributed by atoms with Gasteiger partial charge in [-0.1, -0.05) is 32.1 Å². The number of nitrogens with zero attached hydrogens (tertiary/aromatic N) is 1. The van der Waals surface area contributed by atoms with Crippen LogP contribution in [0, 0.1) is 11.8 Å². The Morgan fingerprint density at radius 2 is 2.07 bits per heavy atom. The minimum Gasteiger partial charge on any atom is -0.287 e. The molecular formula is C14H23N. The van der Waals surface area contributed by atoms with Gasteiger partial charge in [-0.25, -0.2) is 0 Å². The molecule has 3 atom stereocenters. The Labute approximate surface area is 94.0 Å². The third kappa shape index (κ3) is 3.65. The van der Waals surface area contributed by atoms with Crippen LogP contribution in [-0.4, -0.2) is 11.8 Å². The van der Waals surface area contributed by atoms with E-state index in [0.29, 0.717) is 12.0 Å². The molecule has 0 radical (unpaired) electrons. The van der Waals surface area contributed by atoms with Gasteiger partial charge in [0, 0.05) is 5.71 Å². The quantitative estimate of drug-likeness (QED) is 0.604. The van der Waals surface area contributed by atoms with Crippen LogP contribution in [0.1, 0.15) is 41.0 Å². The van der Waals surface area contributed by atoms with Crippen LogP contribution in [0.25, 0.3) is 0 Å². The zero-order valence-corrected chi connectivity index (χ0v) is 10.6. The van der Waals surface area contributed by atoms with E-state index in [9.17, 15) is 0 Å². The Morgan fingerprint density at radius 1 is 1.40 bits per heavy atom. The first-order valence-corrected chi connectivity index (χ1v) is 5.90. The Balaban J connectivity index is 2.84. The van der Waals surface area contributed by atoms with E-state index < -0.39 is 0 Å². The standard InChI is InChI=1S/C14H23N/c1-10(2)15-13(5)14-8-6-7-11(3)12(4)9-14/h6,8-9,11-13H,7H2,1-5H3/t11-,12?,13?/m0/s1. The second-order valence-corrected chi connectivity index (χ2v) is 4.89. The lowest BCUT2D eigenvalue weighted by atomic mass is 9.92. The normalized spacial score (nSPS) is 27.9. The summed E-state index contributed by atoms with van der Waals surface area (Å²) in [6, 6.07) is 0.305. The fraction of sp³-hybridized carbons (Fsp3) is 0.643. The van der Waals surface area contributed by atoms with Crippen molar-refractivity contribution in [1.82, 2.24) is 0 Å². The SMILES string of the molecule is CC(C)=NC(C)C1=CC(C)[C@@H](C)CC=C1. The molecule has 0 bridgehead atoms. The van der Waals surface area contributed by atoms with Crippen molar-refractivity contribution in [3.63, 3.8) is 0 Å². The zero-order valence-electron chi connectivity index (χ0n) is 10.6. The van der Waals surface area contributed by atoms with E-state index in [-0.39, 0.29) is 0 Å². The summed E-state index contributed by atoms with van der Waals surface area (Å²) in [6.07, 6.45) is 8.10. The molecule has 0 saturated carbocycles. The van der Waals surface area contributed by atoms with E-state index in [1.165, 1.54) is 12.0 Å².